The minimum Gasteiger partial charge on any atom is -0.464 e. The fourth-order valence-electron chi connectivity index (χ4n) is 1.03. The van der Waals surface area contributed by atoms with Crippen LogP contribution in [0.5, 0.6) is 0 Å². The standard InChI is InChI=1S/C10H12ClN3O3/c1-3-17-10(16)6(2)12-9(15)7-4-5-8(11)14-13-7/h4-6H,3H2,1-2H3,(H,12,15). The van der Waals surface area contributed by atoms with Gasteiger partial charge in [-0.2, -0.15) is 0 Å². The number of hydrogen-bond acceptors (Lipinski definition) is 5. The number of carbonyl (C=O) groups excluding carboxylic acids is 2. The Labute approximate surface area is 103 Å². The summed E-state index contributed by atoms with van der Waals surface area (Å²) in [4.78, 5) is 22.9. The maximum absolute atomic E-state index is 11.6. The molecule has 0 aliphatic rings. The van der Waals surface area contributed by atoms with Crippen molar-refractivity contribution in [3.63, 3.8) is 0 Å². The van der Waals surface area contributed by atoms with Gasteiger partial charge in [0, 0.05) is 0 Å². The summed E-state index contributed by atoms with van der Waals surface area (Å²) in [6, 6.07) is 2.13. The molecule has 0 saturated heterocycles. The molecule has 0 spiro atoms. The van der Waals surface area contributed by atoms with E-state index in [2.05, 4.69) is 15.5 Å². The van der Waals surface area contributed by atoms with Crippen molar-refractivity contribution >= 4 is 23.5 Å². The Morgan fingerprint density at radius 2 is 2.18 bits per heavy atom. The Balaban J connectivity index is 2.60. The second kappa shape index (κ2) is 6.15. The van der Waals surface area contributed by atoms with Crippen LogP contribution in [0.1, 0.15) is 24.3 Å². The number of halogens is 1. The van der Waals surface area contributed by atoms with E-state index in [4.69, 9.17) is 16.3 Å². The molecule has 0 fully saturated rings. The molecule has 1 amide bonds. The van der Waals surface area contributed by atoms with E-state index in [-0.39, 0.29) is 17.5 Å². The van der Waals surface area contributed by atoms with Crippen LogP contribution >= 0.6 is 11.6 Å². The highest BCUT2D eigenvalue weighted by atomic mass is 35.5. The second-order valence-corrected chi connectivity index (χ2v) is 3.58. The summed E-state index contributed by atoms with van der Waals surface area (Å²) in [6.45, 7) is 3.48. The molecule has 0 aromatic carbocycles. The molecule has 0 saturated carbocycles. The number of rotatable bonds is 4. The number of ether oxygens (including phenoxy) is 1. The topological polar surface area (TPSA) is 81.2 Å². The third-order valence-corrected chi connectivity index (χ3v) is 2.05. The molecule has 1 heterocycles. The van der Waals surface area contributed by atoms with Gasteiger partial charge in [-0.25, -0.2) is 4.79 Å². The molecule has 1 aromatic rings. The van der Waals surface area contributed by atoms with Crippen molar-refractivity contribution in [1.29, 1.82) is 0 Å². The average Bonchev–Trinajstić information content (AvgIpc) is 2.30. The maximum atomic E-state index is 11.6. The van der Waals surface area contributed by atoms with Crippen molar-refractivity contribution in [2.75, 3.05) is 6.61 Å². The molecule has 17 heavy (non-hydrogen) atoms. The van der Waals surface area contributed by atoms with Crippen molar-refractivity contribution in [2.24, 2.45) is 0 Å². The molecule has 1 aromatic heterocycles. The summed E-state index contributed by atoms with van der Waals surface area (Å²) in [5.74, 6) is -1.00. The number of carbonyl (C=O) groups is 2. The molecule has 1 atom stereocenters. The Hall–Kier alpha value is -1.69. The fraction of sp³-hybridized carbons (Fsp3) is 0.400. The quantitative estimate of drug-likeness (QED) is 0.808. The highest BCUT2D eigenvalue weighted by Crippen LogP contribution is 2.02. The molecule has 0 aliphatic heterocycles. The van der Waals surface area contributed by atoms with E-state index in [1.54, 1.807) is 6.92 Å². The third kappa shape index (κ3) is 3.99. The van der Waals surface area contributed by atoms with Crippen molar-refractivity contribution in [3.8, 4) is 0 Å². The molecular formula is C10H12ClN3O3. The number of esters is 1. The third-order valence-electron chi connectivity index (χ3n) is 1.85. The van der Waals surface area contributed by atoms with Crippen LogP contribution in [0, 0.1) is 0 Å². The molecule has 92 valence electrons. The SMILES string of the molecule is CCOC(=O)C(C)NC(=O)c1ccc(Cl)nn1. The zero-order chi connectivity index (χ0) is 12.8. The van der Waals surface area contributed by atoms with Gasteiger partial charge in [0.1, 0.15) is 6.04 Å². The summed E-state index contributed by atoms with van der Waals surface area (Å²) in [6.07, 6.45) is 0. The van der Waals surface area contributed by atoms with Gasteiger partial charge < -0.3 is 10.1 Å². The molecule has 0 aliphatic carbocycles. The smallest absolute Gasteiger partial charge is 0.328 e. The first-order valence-electron chi connectivity index (χ1n) is 5.01. The van der Waals surface area contributed by atoms with Crippen LogP contribution < -0.4 is 5.32 Å². The van der Waals surface area contributed by atoms with Gasteiger partial charge in [0.2, 0.25) is 0 Å². The van der Waals surface area contributed by atoms with Crippen molar-refractivity contribution < 1.29 is 14.3 Å². The molecule has 7 heteroatoms. The van der Waals surface area contributed by atoms with Crippen LogP contribution in [0.4, 0.5) is 0 Å². The Morgan fingerprint density at radius 1 is 1.47 bits per heavy atom. The van der Waals surface area contributed by atoms with E-state index in [0.29, 0.717) is 0 Å². The predicted molar refractivity (Wildman–Crippen MR) is 60.6 cm³/mol. The van der Waals surface area contributed by atoms with Crippen molar-refractivity contribution in [1.82, 2.24) is 15.5 Å². The highest BCUT2D eigenvalue weighted by molar-refractivity contribution is 6.29. The zero-order valence-corrected chi connectivity index (χ0v) is 10.2. The van der Waals surface area contributed by atoms with Crippen LogP contribution in [0.2, 0.25) is 5.15 Å². The van der Waals surface area contributed by atoms with Crippen LogP contribution in [-0.4, -0.2) is 34.7 Å². The average molecular weight is 258 g/mol. The molecule has 6 nitrogen and oxygen atoms in total. The first-order chi connectivity index (χ1) is 8.04. The number of aromatic nitrogens is 2. The normalized spacial score (nSPS) is 11.7. The minimum atomic E-state index is -0.736. The summed E-state index contributed by atoms with van der Waals surface area (Å²) < 4.78 is 4.75. The van der Waals surface area contributed by atoms with Crippen molar-refractivity contribution in [3.05, 3.63) is 23.0 Å². The van der Waals surface area contributed by atoms with E-state index in [1.807, 2.05) is 0 Å². The van der Waals surface area contributed by atoms with E-state index < -0.39 is 17.9 Å². The van der Waals surface area contributed by atoms with Crippen LogP contribution in [0.3, 0.4) is 0 Å². The maximum Gasteiger partial charge on any atom is 0.328 e. The van der Waals surface area contributed by atoms with E-state index >= 15 is 0 Å². The first kappa shape index (κ1) is 13.4. The van der Waals surface area contributed by atoms with Crippen LogP contribution in [0.25, 0.3) is 0 Å². The number of hydrogen-bond donors (Lipinski definition) is 1. The zero-order valence-electron chi connectivity index (χ0n) is 9.44. The van der Waals surface area contributed by atoms with Gasteiger partial charge in [0.25, 0.3) is 5.91 Å². The second-order valence-electron chi connectivity index (χ2n) is 3.19. The van der Waals surface area contributed by atoms with Gasteiger partial charge in [0.15, 0.2) is 10.8 Å². The van der Waals surface area contributed by atoms with Gasteiger partial charge in [-0.1, -0.05) is 11.6 Å². The summed E-state index contributed by atoms with van der Waals surface area (Å²) >= 11 is 5.53. The fourth-order valence-corrected chi connectivity index (χ4v) is 1.13. The van der Waals surface area contributed by atoms with Crippen molar-refractivity contribution in [2.45, 2.75) is 19.9 Å². The van der Waals surface area contributed by atoms with Crippen LogP contribution in [0.15, 0.2) is 12.1 Å². The van der Waals surface area contributed by atoms with Gasteiger partial charge in [0.05, 0.1) is 6.61 Å². The van der Waals surface area contributed by atoms with E-state index in [9.17, 15) is 9.59 Å². The molecule has 0 bridgehead atoms. The predicted octanol–water partition coefficient (Wildman–Crippen LogP) is 0.811. The van der Waals surface area contributed by atoms with Gasteiger partial charge in [-0.3, -0.25) is 4.79 Å². The monoisotopic (exact) mass is 257 g/mol. The summed E-state index contributed by atoms with van der Waals surface area (Å²) in [5, 5.41) is 9.75. The van der Waals surface area contributed by atoms with Crippen LogP contribution in [-0.2, 0) is 9.53 Å². The largest absolute Gasteiger partial charge is 0.464 e. The lowest BCUT2D eigenvalue weighted by molar-refractivity contribution is -0.144. The molecular weight excluding hydrogens is 246 g/mol. The lowest BCUT2D eigenvalue weighted by Gasteiger charge is -2.11. The van der Waals surface area contributed by atoms with E-state index in [1.165, 1.54) is 19.1 Å². The summed E-state index contributed by atoms with van der Waals surface area (Å²) in [7, 11) is 0. The van der Waals surface area contributed by atoms with E-state index in [0.717, 1.165) is 0 Å². The number of nitrogens with one attached hydrogen (secondary N) is 1. The molecule has 1 unspecified atom stereocenters. The number of nitrogens with zero attached hydrogens (tertiary/aromatic N) is 2. The lowest BCUT2D eigenvalue weighted by atomic mass is 10.3. The highest BCUT2D eigenvalue weighted by Gasteiger charge is 2.18. The first-order valence-corrected chi connectivity index (χ1v) is 5.39. The lowest BCUT2D eigenvalue weighted by Crippen LogP contribution is -2.39. The summed E-state index contributed by atoms with van der Waals surface area (Å²) in [5.41, 5.74) is 0.0885. The van der Waals surface area contributed by atoms with Gasteiger partial charge >= 0.3 is 5.97 Å². The number of amides is 1. The minimum absolute atomic E-state index is 0.0885. The Kier molecular flexibility index (Phi) is 4.84. The Bertz CT molecular complexity index is 408. The molecule has 0 radical (unpaired) electrons. The van der Waals surface area contributed by atoms with Gasteiger partial charge in [-0.05, 0) is 26.0 Å². The molecule has 1 rings (SSSR count). The molecule has 1 N–H and O–H groups in total. The Morgan fingerprint density at radius 3 is 2.71 bits per heavy atom. The van der Waals surface area contributed by atoms with Gasteiger partial charge in [-0.15, -0.1) is 10.2 Å².